The van der Waals surface area contributed by atoms with Crippen LogP contribution in [0.5, 0.6) is 0 Å². The molecule has 4 heteroatoms. The largest absolute Gasteiger partial charge is 0.462 e. The molecule has 4 nitrogen and oxygen atoms in total. The summed E-state index contributed by atoms with van der Waals surface area (Å²) in [5.41, 5.74) is 0.645. The van der Waals surface area contributed by atoms with Crippen LogP contribution in [-0.2, 0) is 19.1 Å². The summed E-state index contributed by atoms with van der Waals surface area (Å²) in [7, 11) is 0. The van der Waals surface area contributed by atoms with Crippen molar-refractivity contribution in [1.29, 1.82) is 0 Å². The molecule has 0 amide bonds. The molecule has 0 N–H and O–H groups in total. The van der Waals surface area contributed by atoms with Crippen LogP contribution in [0.25, 0.3) is 0 Å². The SMILES string of the molecule is C=C(C)C(=O)OCCCC(=O)OC1(C2CCCCC2)C2CC3CC1CC(C)(C3)C2. The molecule has 5 rings (SSSR count). The van der Waals surface area contributed by atoms with Crippen molar-refractivity contribution in [2.45, 2.75) is 96.5 Å². The van der Waals surface area contributed by atoms with Crippen LogP contribution in [0.1, 0.15) is 90.9 Å². The molecular weight excluding hydrogens is 364 g/mol. The van der Waals surface area contributed by atoms with Crippen molar-refractivity contribution in [3.05, 3.63) is 12.2 Å². The fraction of sp³-hybridized carbons (Fsp3) is 0.840. The third-order valence-corrected chi connectivity index (χ3v) is 8.41. The Morgan fingerprint density at radius 2 is 1.66 bits per heavy atom. The molecule has 2 atom stereocenters. The van der Waals surface area contributed by atoms with Gasteiger partial charge < -0.3 is 9.47 Å². The summed E-state index contributed by atoms with van der Waals surface area (Å²) in [6, 6.07) is 0. The molecule has 0 saturated heterocycles. The van der Waals surface area contributed by atoms with E-state index in [9.17, 15) is 9.59 Å². The van der Waals surface area contributed by atoms with E-state index in [4.69, 9.17) is 9.47 Å². The molecule has 0 radical (unpaired) electrons. The van der Waals surface area contributed by atoms with Gasteiger partial charge in [0.25, 0.3) is 0 Å². The Balaban J connectivity index is 1.44. The molecule has 0 aromatic carbocycles. The second kappa shape index (κ2) is 8.07. The molecule has 0 aromatic rings. The van der Waals surface area contributed by atoms with E-state index in [0.29, 0.717) is 41.6 Å². The van der Waals surface area contributed by atoms with Gasteiger partial charge in [-0.05, 0) is 75.5 Å². The van der Waals surface area contributed by atoms with Crippen molar-refractivity contribution in [2.24, 2.45) is 29.1 Å². The summed E-state index contributed by atoms with van der Waals surface area (Å²) in [6.45, 7) is 7.95. The van der Waals surface area contributed by atoms with Crippen molar-refractivity contribution in [1.82, 2.24) is 0 Å². The zero-order valence-corrected chi connectivity index (χ0v) is 18.3. The molecule has 0 spiro atoms. The molecule has 5 aliphatic carbocycles. The molecule has 5 aliphatic rings. The molecule has 0 aromatic heterocycles. The van der Waals surface area contributed by atoms with Crippen LogP contribution in [0.15, 0.2) is 12.2 Å². The Morgan fingerprint density at radius 1 is 1.00 bits per heavy atom. The standard InChI is InChI=1S/C25H38O4/c1-17(2)23(27)28-11-7-10-22(26)29-25(19-8-5-4-6-9-19)20-12-18-13-21(25)16-24(3,14-18)15-20/h18-21H,1,4-16H2,2-3H3. The Bertz CT molecular complexity index is 644. The normalized spacial score (nSPS) is 38.6. The minimum atomic E-state index is -0.383. The molecule has 5 saturated carbocycles. The van der Waals surface area contributed by atoms with Crippen molar-refractivity contribution >= 4 is 11.9 Å². The van der Waals surface area contributed by atoms with E-state index in [-0.39, 0.29) is 24.1 Å². The summed E-state index contributed by atoms with van der Waals surface area (Å²) >= 11 is 0. The lowest BCUT2D eigenvalue weighted by molar-refractivity contribution is -0.245. The summed E-state index contributed by atoms with van der Waals surface area (Å²) in [6.07, 6.45) is 13.5. The average Bonchev–Trinajstić information content (AvgIpc) is 2.67. The lowest BCUT2D eigenvalue weighted by atomic mass is 9.42. The average molecular weight is 403 g/mol. The highest BCUT2D eigenvalue weighted by atomic mass is 16.6. The summed E-state index contributed by atoms with van der Waals surface area (Å²) in [5, 5.41) is 0. The third kappa shape index (κ3) is 4.01. The quantitative estimate of drug-likeness (QED) is 0.316. The number of hydrogen-bond donors (Lipinski definition) is 0. The number of rotatable bonds is 7. The molecule has 4 bridgehead atoms. The van der Waals surface area contributed by atoms with Gasteiger partial charge in [0, 0.05) is 23.8 Å². The van der Waals surface area contributed by atoms with Crippen molar-refractivity contribution < 1.29 is 19.1 Å². The van der Waals surface area contributed by atoms with Gasteiger partial charge in [-0.15, -0.1) is 0 Å². The van der Waals surface area contributed by atoms with Gasteiger partial charge in [-0.3, -0.25) is 4.79 Å². The molecule has 0 heterocycles. The van der Waals surface area contributed by atoms with Crippen molar-refractivity contribution in [3.8, 4) is 0 Å². The van der Waals surface area contributed by atoms with Gasteiger partial charge >= 0.3 is 11.9 Å². The summed E-state index contributed by atoms with van der Waals surface area (Å²) in [5.74, 6) is 2.01. The Labute approximate surface area is 175 Å². The minimum Gasteiger partial charge on any atom is -0.462 e. The predicted molar refractivity (Wildman–Crippen MR) is 112 cm³/mol. The monoisotopic (exact) mass is 402 g/mol. The lowest BCUT2D eigenvalue weighted by Gasteiger charge is -2.66. The fourth-order valence-corrected chi connectivity index (χ4v) is 7.61. The zero-order chi connectivity index (χ0) is 20.6. The minimum absolute atomic E-state index is 0.0837. The first kappa shape index (κ1) is 20.9. The highest BCUT2D eigenvalue weighted by Gasteiger charge is 2.65. The van der Waals surface area contributed by atoms with Crippen molar-refractivity contribution in [2.75, 3.05) is 6.61 Å². The lowest BCUT2D eigenvalue weighted by Crippen LogP contribution is -2.65. The first-order chi connectivity index (χ1) is 13.8. The van der Waals surface area contributed by atoms with Crippen LogP contribution in [0.4, 0.5) is 0 Å². The van der Waals surface area contributed by atoms with E-state index in [1.807, 2.05) is 0 Å². The number of carbonyl (C=O) groups is 2. The molecule has 162 valence electrons. The van der Waals surface area contributed by atoms with Crippen LogP contribution in [0.2, 0.25) is 0 Å². The van der Waals surface area contributed by atoms with Gasteiger partial charge in [0.1, 0.15) is 5.60 Å². The van der Waals surface area contributed by atoms with Crippen LogP contribution < -0.4 is 0 Å². The first-order valence-corrected chi connectivity index (χ1v) is 11.9. The predicted octanol–water partition coefficient (Wildman–Crippen LogP) is 5.59. The number of esters is 2. The van der Waals surface area contributed by atoms with Crippen molar-refractivity contribution in [3.63, 3.8) is 0 Å². The van der Waals surface area contributed by atoms with Gasteiger partial charge in [0.15, 0.2) is 0 Å². The maximum absolute atomic E-state index is 13.0. The Hall–Kier alpha value is -1.32. The summed E-state index contributed by atoms with van der Waals surface area (Å²) in [4.78, 5) is 24.5. The molecule has 29 heavy (non-hydrogen) atoms. The Morgan fingerprint density at radius 3 is 2.24 bits per heavy atom. The van der Waals surface area contributed by atoms with Crippen LogP contribution in [-0.4, -0.2) is 24.1 Å². The van der Waals surface area contributed by atoms with Gasteiger partial charge in [0.05, 0.1) is 6.61 Å². The van der Waals surface area contributed by atoms with E-state index >= 15 is 0 Å². The van der Waals surface area contributed by atoms with Gasteiger partial charge in [-0.1, -0.05) is 32.8 Å². The summed E-state index contributed by atoms with van der Waals surface area (Å²) < 4.78 is 11.7. The van der Waals surface area contributed by atoms with Crippen LogP contribution in [0.3, 0.4) is 0 Å². The second-order valence-electron chi connectivity index (χ2n) is 10.8. The molecule has 5 fully saturated rings. The topological polar surface area (TPSA) is 52.6 Å². The number of hydrogen-bond acceptors (Lipinski definition) is 4. The molecule has 2 unspecified atom stereocenters. The molecular formula is C25H38O4. The van der Waals surface area contributed by atoms with Gasteiger partial charge in [-0.25, -0.2) is 4.79 Å². The van der Waals surface area contributed by atoms with Crippen LogP contribution >= 0.6 is 0 Å². The third-order valence-electron chi connectivity index (χ3n) is 8.41. The number of ether oxygens (including phenoxy) is 2. The highest BCUT2D eigenvalue weighted by Crippen LogP contribution is 2.67. The van der Waals surface area contributed by atoms with E-state index in [1.54, 1.807) is 6.92 Å². The van der Waals surface area contributed by atoms with Gasteiger partial charge in [0.2, 0.25) is 0 Å². The zero-order valence-electron chi connectivity index (χ0n) is 18.3. The maximum atomic E-state index is 13.0. The first-order valence-electron chi connectivity index (χ1n) is 11.9. The van der Waals surface area contributed by atoms with Gasteiger partial charge in [-0.2, -0.15) is 0 Å². The van der Waals surface area contributed by atoms with E-state index in [2.05, 4.69) is 13.5 Å². The highest BCUT2D eigenvalue weighted by molar-refractivity contribution is 5.86. The van der Waals surface area contributed by atoms with E-state index < -0.39 is 0 Å². The van der Waals surface area contributed by atoms with E-state index in [1.165, 1.54) is 64.2 Å². The van der Waals surface area contributed by atoms with Crippen LogP contribution in [0, 0.1) is 29.1 Å². The fourth-order valence-electron chi connectivity index (χ4n) is 7.61. The van der Waals surface area contributed by atoms with E-state index in [0.717, 1.165) is 5.92 Å². The number of carbonyl (C=O) groups excluding carboxylic acids is 2. The second-order valence-corrected chi connectivity index (χ2v) is 10.8. The maximum Gasteiger partial charge on any atom is 0.333 e. The Kier molecular flexibility index (Phi) is 5.83. The smallest absolute Gasteiger partial charge is 0.333 e. The molecule has 0 aliphatic heterocycles.